The zero-order chi connectivity index (χ0) is 18.6. The highest BCUT2D eigenvalue weighted by molar-refractivity contribution is 7.99. The van der Waals surface area contributed by atoms with E-state index < -0.39 is 6.03 Å². The van der Waals surface area contributed by atoms with E-state index in [4.69, 9.17) is 4.42 Å². The van der Waals surface area contributed by atoms with Gasteiger partial charge in [-0.1, -0.05) is 60.3 Å². The van der Waals surface area contributed by atoms with Crippen molar-refractivity contribution in [2.24, 2.45) is 0 Å². The second-order valence-corrected chi connectivity index (χ2v) is 7.01. The zero-order valence-corrected chi connectivity index (χ0v) is 15.1. The van der Waals surface area contributed by atoms with E-state index in [2.05, 4.69) is 5.32 Å². The van der Waals surface area contributed by atoms with Gasteiger partial charge in [0.05, 0.1) is 6.54 Å². The number of carbonyl (C=O) groups excluding carboxylic acids is 2. The Hall–Kier alpha value is -3.25. The number of hydrogen-bond donors (Lipinski definition) is 1. The number of amides is 3. The molecule has 2 heterocycles. The monoisotopic (exact) mass is 376 g/mol. The predicted molar refractivity (Wildman–Crippen MR) is 103 cm³/mol. The summed E-state index contributed by atoms with van der Waals surface area (Å²) in [5.41, 5.74) is 1.10. The molecule has 1 aromatic heterocycles. The van der Waals surface area contributed by atoms with E-state index in [1.54, 1.807) is 12.1 Å². The predicted octanol–water partition coefficient (Wildman–Crippen LogP) is 4.52. The number of imide groups is 1. The van der Waals surface area contributed by atoms with E-state index in [-0.39, 0.29) is 18.1 Å². The molecule has 6 heteroatoms. The Morgan fingerprint density at radius 2 is 1.63 bits per heavy atom. The van der Waals surface area contributed by atoms with Crippen LogP contribution in [0.5, 0.6) is 0 Å². The average molecular weight is 376 g/mol. The van der Waals surface area contributed by atoms with Gasteiger partial charge in [0.25, 0.3) is 5.91 Å². The smallest absolute Gasteiger partial charge is 0.329 e. The lowest BCUT2D eigenvalue weighted by atomic mass is 10.2. The van der Waals surface area contributed by atoms with Gasteiger partial charge >= 0.3 is 6.03 Å². The lowest BCUT2D eigenvalue weighted by molar-refractivity contribution is -0.123. The third-order valence-electron chi connectivity index (χ3n) is 4.00. The molecule has 27 heavy (non-hydrogen) atoms. The fourth-order valence-corrected chi connectivity index (χ4v) is 3.49. The Bertz CT molecular complexity index is 997. The fraction of sp³-hybridized carbons (Fsp3) is 0.0476. The number of furan rings is 1. The van der Waals surface area contributed by atoms with Crippen LogP contribution in [0.3, 0.4) is 0 Å². The number of benzene rings is 2. The van der Waals surface area contributed by atoms with E-state index in [0.717, 1.165) is 10.5 Å². The first-order valence-corrected chi connectivity index (χ1v) is 9.22. The summed E-state index contributed by atoms with van der Waals surface area (Å²) in [7, 11) is 0. The first-order chi connectivity index (χ1) is 13.2. The van der Waals surface area contributed by atoms with Gasteiger partial charge in [-0.3, -0.25) is 9.69 Å². The van der Waals surface area contributed by atoms with Crippen LogP contribution in [0.1, 0.15) is 11.3 Å². The van der Waals surface area contributed by atoms with Crippen molar-refractivity contribution in [3.05, 3.63) is 89.8 Å². The molecule has 3 amide bonds. The molecule has 0 atom stereocenters. The normalized spacial score (nSPS) is 15.4. The summed E-state index contributed by atoms with van der Waals surface area (Å²) in [6.07, 6.45) is 1.56. The SMILES string of the molecule is O=C1N/C(=C\c2ccc(Sc3ccccc3)o2)C(=O)N1Cc1ccccc1. The van der Waals surface area contributed by atoms with Crippen LogP contribution in [0, 0.1) is 0 Å². The maximum absolute atomic E-state index is 12.5. The number of rotatable bonds is 5. The molecule has 2 aromatic carbocycles. The van der Waals surface area contributed by atoms with E-state index in [9.17, 15) is 9.59 Å². The summed E-state index contributed by atoms with van der Waals surface area (Å²) in [5, 5.41) is 3.33. The first kappa shape index (κ1) is 17.2. The summed E-state index contributed by atoms with van der Waals surface area (Å²) in [5.74, 6) is 0.149. The summed E-state index contributed by atoms with van der Waals surface area (Å²) in [6.45, 7) is 0.232. The Balaban J connectivity index is 1.48. The summed E-state index contributed by atoms with van der Waals surface area (Å²) < 4.78 is 5.75. The van der Waals surface area contributed by atoms with Gasteiger partial charge in [0, 0.05) is 11.0 Å². The van der Waals surface area contributed by atoms with Crippen LogP contribution in [0.15, 0.2) is 92.9 Å². The van der Waals surface area contributed by atoms with Crippen molar-refractivity contribution in [3.8, 4) is 0 Å². The third kappa shape index (κ3) is 3.96. The van der Waals surface area contributed by atoms with Gasteiger partial charge in [-0.15, -0.1) is 0 Å². The highest BCUT2D eigenvalue weighted by Gasteiger charge is 2.33. The van der Waals surface area contributed by atoms with Crippen molar-refractivity contribution in [1.82, 2.24) is 10.2 Å². The molecule has 0 radical (unpaired) electrons. The van der Waals surface area contributed by atoms with Crippen molar-refractivity contribution < 1.29 is 14.0 Å². The lowest BCUT2D eigenvalue weighted by Gasteiger charge is -2.11. The van der Waals surface area contributed by atoms with Gasteiger partial charge in [-0.2, -0.15) is 0 Å². The van der Waals surface area contributed by atoms with Crippen molar-refractivity contribution in [3.63, 3.8) is 0 Å². The van der Waals surface area contributed by atoms with E-state index >= 15 is 0 Å². The average Bonchev–Trinajstić information content (AvgIpc) is 3.23. The van der Waals surface area contributed by atoms with Crippen LogP contribution < -0.4 is 5.32 Å². The second-order valence-electron chi connectivity index (χ2n) is 5.94. The van der Waals surface area contributed by atoms with Gasteiger partial charge in [-0.05, 0) is 29.8 Å². The van der Waals surface area contributed by atoms with Crippen LogP contribution >= 0.6 is 11.8 Å². The first-order valence-electron chi connectivity index (χ1n) is 8.40. The summed E-state index contributed by atoms with van der Waals surface area (Å²) in [6, 6.07) is 22.4. The number of urea groups is 1. The molecular weight excluding hydrogens is 360 g/mol. The van der Waals surface area contributed by atoms with Crippen LogP contribution in [-0.4, -0.2) is 16.8 Å². The Morgan fingerprint density at radius 3 is 2.37 bits per heavy atom. The number of nitrogens with zero attached hydrogens (tertiary/aromatic N) is 1. The van der Waals surface area contributed by atoms with Crippen molar-refractivity contribution >= 4 is 29.8 Å². The van der Waals surface area contributed by atoms with E-state index in [1.165, 1.54) is 16.7 Å². The van der Waals surface area contributed by atoms with Gasteiger partial charge in [0.15, 0.2) is 5.09 Å². The van der Waals surface area contributed by atoms with Crippen LogP contribution in [0.2, 0.25) is 0 Å². The maximum Gasteiger partial charge on any atom is 0.329 e. The van der Waals surface area contributed by atoms with Crippen molar-refractivity contribution in [1.29, 1.82) is 0 Å². The zero-order valence-electron chi connectivity index (χ0n) is 14.3. The fourth-order valence-electron chi connectivity index (χ4n) is 2.69. The lowest BCUT2D eigenvalue weighted by Crippen LogP contribution is -2.30. The molecule has 1 fully saturated rings. The second kappa shape index (κ2) is 7.55. The maximum atomic E-state index is 12.5. The van der Waals surface area contributed by atoms with Crippen molar-refractivity contribution in [2.45, 2.75) is 16.5 Å². The minimum Gasteiger partial charge on any atom is -0.450 e. The quantitative estimate of drug-likeness (QED) is 0.525. The number of hydrogen-bond acceptors (Lipinski definition) is 4. The van der Waals surface area contributed by atoms with Crippen LogP contribution in [-0.2, 0) is 11.3 Å². The standard InChI is InChI=1S/C21H16N2O3S/c24-20-18(22-21(25)23(20)14-15-7-3-1-4-8-15)13-16-11-12-19(26-16)27-17-9-5-2-6-10-17/h1-13H,14H2,(H,22,25)/b18-13-. The molecule has 0 spiro atoms. The Kier molecular flexibility index (Phi) is 4.80. The molecule has 0 bridgehead atoms. The molecule has 134 valence electrons. The van der Waals surface area contributed by atoms with Crippen molar-refractivity contribution in [2.75, 3.05) is 0 Å². The molecule has 5 nitrogen and oxygen atoms in total. The molecule has 1 N–H and O–H groups in total. The van der Waals surface area contributed by atoms with Crippen LogP contribution in [0.25, 0.3) is 6.08 Å². The molecule has 3 aromatic rings. The number of carbonyl (C=O) groups is 2. The molecule has 1 saturated heterocycles. The van der Waals surface area contributed by atoms with E-state index in [1.807, 2.05) is 66.7 Å². The molecular formula is C21H16N2O3S. The van der Waals surface area contributed by atoms with Crippen LogP contribution in [0.4, 0.5) is 4.79 Å². The highest BCUT2D eigenvalue weighted by Crippen LogP contribution is 2.29. The van der Waals surface area contributed by atoms with Gasteiger partial charge in [0.2, 0.25) is 0 Å². The Labute approximate surface area is 160 Å². The number of nitrogens with one attached hydrogen (secondary N) is 1. The van der Waals surface area contributed by atoms with Gasteiger partial charge < -0.3 is 9.73 Å². The topological polar surface area (TPSA) is 62.6 Å². The minimum atomic E-state index is -0.430. The highest BCUT2D eigenvalue weighted by atomic mass is 32.2. The van der Waals surface area contributed by atoms with Gasteiger partial charge in [0.1, 0.15) is 11.5 Å². The van der Waals surface area contributed by atoms with E-state index in [0.29, 0.717) is 10.9 Å². The molecule has 0 unspecified atom stereocenters. The largest absolute Gasteiger partial charge is 0.450 e. The Morgan fingerprint density at radius 1 is 0.926 bits per heavy atom. The molecule has 0 saturated carbocycles. The molecule has 4 rings (SSSR count). The third-order valence-corrected chi connectivity index (χ3v) is 4.92. The molecule has 0 aliphatic carbocycles. The summed E-state index contributed by atoms with van der Waals surface area (Å²) >= 11 is 1.49. The summed E-state index contributed by atoms with van der Waals surface area (Å²) in [4.78, 5) is 26.9. The minimum absolute atomic E-state index is 0.210. The van der Waals surface area contributed by atoms with Gasteiger partial charge in [-0.25, -0.2) is 4.79 Å². The molecule has 1 aliphatic rings. The molecule has 1 aliphatic heterocycles.